The van der Waals surface area contributed by atoms with Crippen molar-refractivity contribution >= 4 is 35.2 Å². The van der Waals surface area contributed by atoms with Gasteiger partial charge in [0.25, 0.3) is 5.91 Å². The Labute approximate surface area is 222 Å². The van der Waals surface area contributed by atoms with E-state index in [2.05, 4.69) is 21.3 Å². The van der Waals surface area contributed by atoms with E-state index in [1.165, 1.54) is 7.11 Å². The van der Waals surface area contributed by atoms with Gasteiger partial charge >= 0.3 is 6.03 Å². The largest absolute Gasteiger partial charge is 0.495 e. The molecular weight excluding hydrogens is 496 g/mol. The second-order valence-corrected chi connectivity index (χ2v) is 9.35. The number of nitrogens with one attached hydrogen (secondary N) is 4. The molecular formula is C27H35ClN4O5. The van der Waals surface area contributed by atoms with Gasteiger partial charge in [-0.3, -0.25) is 14.4 Å². The van der Waals surface area contributed by atoms with Crippen LogP contribution >= 0.6 is 11.6 Å². The van der Waals surface area contributed by atoms with E-state index in [9.17, 15) is 19.2 Å². The van der Waals surface area contributed by atoms with Crippen molar-refractivity contribution in [2.75, 3.05) is 7.11 Å². The van der Waals surface area contributed by atoms with Crippen LogP contribution in [0.3, 0.4) is 0 Å². The molecule has 2 atom stereocenters. The van der Waals surface area contributed by atoms with Crippen molar-refractivity contribution in [2.24, 2.45) is 5.92 Å². The summed E-state index contributed by atoms with van der Waals surface area (Å²) < 4.78 is 5.26. The zero-order chi connectivity index (χ0) is 27.4. The Hall–Kier alpha value is -3.59. The third kappa shape index (κ3) is 9.42. The van der Waals surface area contributed by atoms with Crippen LogP contribution in [-0.2, 0) is 27.5 Å². The van der Waals surface area contributed by atoms with E-state index in [1.807, 2.05) is 44.2 Å². The van der Waals surface area contributed by atoms with Crippen molar-refractivity contribution in [1.82, 2.24) is 21.3 Å². The summed E-state index contributed by atoms with van der Waals surface area (Å²) in [7, 11) is 1.46. The maximum absolute atomic E-state index is 13.0. The molecule has 0 aromatic heterocycles. The van der Waals surface area contributed by atoms with Gasteiger partial charge in [0.2, 0.25) is 11.7 Å². The highest BCUT2D eigenvalue weighted by atomic mass is 35.5. The topological polar surface area (TPSA) is 126 Å². The molecule has 200 valence electrons. The third-order valence-corrected chi connectivity index (χ3v) is 5.88. The molecule has 2 aromatic carbocycles. The molecule has 37 heavy (non-hydrogen) atoms. The van der Waals surface area contributed by atoms with E-state index in [4.69, 9.17) is 16.3 Å². The molecule has 0 spiro atoms. The van der Waals surface area contributed by atoms with Crippen LogP contribution in [0.2, 0.25) is 5.02 Å². The lowest BCUT2D eigenvalue weighted by atomic mass is 10.0. The summed E-state index contributed by atoms with van der Waals surface area (Å²) in [5.74, 6) is -1.66. The van der Waals surface area contributed by atoms with Crippen LogP contribution in [-0.4, -0.2) is 42.8 Å². The maximum atomic E-state index is 13.0. The molecule has 0 aliphatic rings. The SMILES string of the molecule is CC[C@@H](NC(=O)[C@H](CC(C)C)NC(=O)NCc1ccccc1)C(=O)C(=O)NCc1cccc(Cl)c1OC. The summed E-state index contributed by atoms with van der Waals surface area (Å²) in [5.41, 5.74) is 1.52. The zero-order valence-electron chi connectivity index (χ0n) is 21.6. The van der Waals surface area contributed by atoms with Crippen molar-refractivity contribution in [3.05, 3.63) is 64.7 Å². The van der Waals surface area contributed by atoms with Crippen molar-refractivity contribution in [2.45, 2.75) is 58.8 Å². The normalized spacial score (nSPS) is 12.3. The number of benzene rings is 2. The Bertz CT molecular complexity index is 1080. The number of methoxy groups -OCH3 is 1. The van der Waals surface area contributed by atoms with Gasteiger partial charge in [0.1, 0.15) is 11.8 Å². The van der Waals surface area contributed by atoms with Gasteiger partial charge in [0.15, 0.2) is 0 Å². The number of Topliss-reactive ketones (excluding diaryl/α,β-unsaturated/α-hetero) is 1. The van der Waals surface area contributed by atoms with Gasteiger partial charge in [-0.05, 0) is 30.4 Å². The van der Waals surface area contributed by atoms with Crippen LogP contribution in [0.15, 0.2) is 48.5 Å². The van der Waals surface area contributed by atoms with Crippen molar-refractivity contribution in [3.63, 3.8) is 0 Å². The number of ketones is 1. The van der Waals surface area contributed by atoms with Gasteiger partial charge in [-0.2, -0.15) is 0 Å². The molecule has 0 saturated heterocycles. The van der Waals surface area contributed by atoms with Crippen LogP contribution in [0.5, 0.6) is 5.75 Å². The fraction of sp³-hybridized carbons (Fsp3) is 0.407. The van der Waals surface area contributed by atoms with Gasteiger partial charge in [-0.25, -0.2) is 4.79 Å². The summed E-state index contributed by atoms with van der Waals surface area (Å²) in [6.45, 7) is 5.86. The number of para-hydroxylation sites is 1. The molecule has 0 radical (unpaired) electrons. The lowest BCUT2D eigenvalue weighted by Gasteiger charge is -2.23. The number of urea groups is 1. The van der Waals surface area contributed by atoms with E-state index >= 15 is 0 Å². The second-order valence-electron chi connectivity index (χ2n) is 8.94. The number of hydrogen-bond acceptors (Lipinski definition) is 5. The molecule has 4 N–H and O–H groups in total. The number of carbonyl (C=O) groups is 4. The van der Waals surface area contributed by atoms with E-state index < -0.39 is 35.7 Å². The second kappa shape index (κ2) is 14.8. The van der Waals surface area contributed by atoms with Crippen molar-refractivity contribution in [1.29, 1.82) is 0 Å². The number of ether oxygens (including phenoxy) is 1. The van der Waals surface area contributed by atoms with E-state index in [1.54, 1.807) is 25.1 Å². The highest BCUT2D eigenvalue weighted by Gasteiger charge is 2.29. The molecule has 0 heterocycles. The average molecular weight is 531 g/mol. The smallest absolute Gasteiger partial charge is 0.315 e. The molecule has 0 fully saturated rings. The van der Waals surface area contributed by atoms with Crippen LogP contribution in [0.1, 0.15) is 44.7 Å². The third-order valence-electron chi connectivity index (χ3n) is 5.58. The fourth-order valence-corrected chi connectivity index (χ4v) is 3.93. The van der Waals surface area contributed by atoms with Gasteiger partial charge in [0.05, 0.1) is 18.2 Å². The summed E-state index contributed by atoms with van der Waals surface area (Å²) in [5, 5.41) is 11.0. The minimum Gasteiger partial charge on any atom is -0.495 e. The average Bonchev–Trinajstić information content (AvgIpc) is 2.88. The van der Waals surface area contributed by atoms with Gasteiger partial charge in [-0.1, -0.05) is 74.8 Å². The number of halogens is 1. The monoisotopic (exact) mass is 530 g/mol. The van der Waals surface area contributed by atoms with Crippen LogP contribution in [0, 0.1) is 5.92 Å². The zero-order valence-corrected chi connectivity index (χ0v) is 22.4. The molecule has 0 bridgehead atoms. The van der Waals surface area contributed by atoms with Crippen molar-refractivity contribution in [3.8, 4) is 5.75 Å². The Morgan fingerprint density at radius 3 is 2.22 bits per heavy atom. The number of carbonyl (C=O) groups excluding carboxylic acids is 4. The van der Waals surface area contributed by atoms with Gasteiger partial charge in [-0.15, -0.1) is 0 Å². The molecule has 0 aliphatic carbocycles. The first-order valence-electron chi connectivity index (χ1n) is 12.2. The number of rotatable bonds is 13. The van der Waals surface area contributed by atoms with Gasteiger partial charge < -0.3 is 26.0 Å². The molecule has 0 unspecified atom stereocenters. The lowest BCUT2D eigenvalue weighted by molar-refractivity contribution is -0.140. The minimum absolute atomic E-state index is 0.0256. The molecule has 2 aromatic rings. The molecule has 2 rings (SSSR count). The first-order chi connectivity index (χ1) is 17.7. The van der Waals surface area contributed by atoms with E-state index in [0.717, 1.165) is 5.56 Å². The van der Waals surface area contributed by atoms with Crippen molar-refractivity contribution < 1.29 is 23.9 Å². The fourth-order valence-electron chi connectivity index (χ4n) is 3.66. The Kier molecular flexibility index (Phi) is 11.9. The van der Waals surface area contributed by atoms with E-state index in [-0.39, 0.29) is 18.9 Å². The Balaban J connectivity index is 1.98. The predicted molar refractivity (Wildman–Crippen MR) is 142 cm³/mol. The molecule has 9 nitrogen and oxygen atoms in total. The predicted octanol–water partition coefficient (Wildman–Crippen LogP) is 3.34. The first-order valence-corrected chi connectivity index (χ1v) is 12.6. The first kappa shape index (κ1) is 29.6. The highest BCUT2D eigenvalue weighted by molar-refractivity contribution is 6.38. The van der Waals surface area contributed by atoms with Crippen LogP contribution in [0.25, 0.3) is 0 Å². The standard InChI is InChI=1S/C27H35ClN4O5/c1-5-21(23(33)26(35)29-16-19-12-9-13-20(28)24(19)37-4)31-25(34)22(14-17(2)3)32-27(36)30-15-18-10-7-6-8-11-18/h6-13,17,21-22H,5,14-16H2,1-4H3,(H,29,35)(H,31,34)(H2,30,32,36)/t21-,22+/m1/s1. The van der Waals surface area contributed by atoms with Gasteiger partial charge in [0, 0.05) is 18.7 Å². The summed E-state index contributed by atoms with van der Waals surface area (Å²) in [4.78, 5) is 50.8. The van der Waals surface area contributed by atoms with E-state index in [0.29, 0.717) is 29.3 Å². The molecule has 10 heteroatoms. The van der Waals surface area contributed by atoms with Crippen LogP contribution in [0.4, 0.5) is 4.79 Å². The highest BCUT2D eigenvalue weighted by Crippen LogP contribution is 2.28. The lowest BCUT2D eigenvalue weighted by Crippen LogP contribution is -2.55. The quantitative estimate of drug-likeness (QED) is 0.295. The molecule has 0 saturated carbocycles. The molecule has 4 amide bonds. The van der Waals surface area contributed by atoms with Crippen LogP contribution < -0.4 is 26.0 Å². The number of hydrogen-bond donors (Lipinski definition) is 4. The summed E-state index contributed by atoms with van der Waals surface area (Å²) >= 11 is 6.10. The molecule has 0 aliphatic heterocycles. The summed E-state index contributed by atoms with van der Waals surface area (Å²) in [6, 6.07) is 12.0. The minimum atomic E-state index is -1.04. The Morgan fingerprint density at radius 2 is 1.59 bits per heavy atom. The summed E-state index contributed by atoms with van der Waals surface area (Å²) in [6.07, 6.45) is 0.559. The maximum Gasteiger partial charge on any atom is 0.315 e. The number of amides is 4. The Morgan fingerprint density at radius 1 is 0.892 bits per heavy atom.